The van der Waals surface area contributed by atoms with Crippen LogP contribution >= 0.6 is 0 Å². The molecule has 2 saturated heterocycles. The monoisotopic (exact) mass is 385 g/mol. The molecular formula is C22H31N3O3. The summed E-state index contributed by atoms with van der Waals surface area (Å²) in [6.07, 6.45) is 2.99. The molecule has 0 spiro atoms. The highest BCUT2D eigenvalue weighted by molar-refractivity contribution is 5.68. The Morgan fingerprint density at radius 3 is 2.43 bits per heavy atom. The Kier molecular flexibility index (Phi) is 6.46. The van der Waals surface area contributed by atoms with Crippen molar-refractivity contribution < 1.29 is 14.3 Å². The summed E-state index contributed by atoms with van der Waals surface area (Å²) in [5.41, 5.74) is 1.39. The fourth-order valence-electron chi connectivity index (χ4n) is 3.73. The largest absolute Gasteiger partial charge is 0.444 e. The van der Waals surface area contributed by atoms with Gasteiger partial charge in [0, 0.05) is 38.5 Å². The molecule has 6 heteroatoms. The molecule has 0 unspecified atom stereocenters. The molecule has 1 atom stereocenters. The lowest BCUT2D eigenvalue weighted by molar-refractivity contribution is 0.00249. The topological polar surface area (TPSA) is 65.8 Å². The van der Waals surface area contributed by atoms with Gasteiger partial charge in [0.2, 0.25) is 0 Å². The van der Waals surface area contributed by atoms with E-state index in [1.54, 1.807) is 0 Å². The Hall–Kier alpha value is -2.26. The molecular weight excluding hydrogens is 354 g/mol. The van der Waals surface area contributed by atoms with Crippen molar-refractivity contribution in [3.05, 3.63) is 29.8 Å². The summed E-state index contributed by atoms with van der Waals surface area (Å²) in [7, 11) is 0. The Labute approximate surface area is 168 Å². The predicted octanol–water partition coefficient (Wildman–Crippen LogP) is 3.80. The van der Waals surface area contributed by atoms with Crippen LogP contribution in [0.3, 0.4) is 0 Å². The zero-order chi connectivity index (χ0) is 20.1. The number of amides is 1. The van der Waals surface area contributed by atoms with E-state index in [-0.39, 0.29) is 12.2 Å². The Balaban J connectivity index is 1.38. The van der Waals surface area contributed by atoms with Crippen LogP contribution in [0.15, 0.2) is 24.3 Å². The average molecular weight is 386 g/mol. The maximum atomic E-state index is 12.1. The van der Waals surface area contributed by atoms with Crippen molar-refractivity contribution in [2.45, 2.75) is 51.7 Å². The van der Waals surface area contributed by atoms with Gasteiger partial charge in [0.25, 0.3) is 0 Å². The van der Waals surface area contributed by atoms with E-state index in [0.717, 1.165) is 57.7 Å². The SMILES string of the molecule is CC(C)(C)OC(=O)N1CCC(CO[C@H]2CCN(c3ccc(C#N)cc3)C2)CC1. The zero-order valence-corrected chi connectivity index (χ0v) is 17.2. The standard InChI is InChI=1S/C22H31N3O3/c1-22(2,3)28-21(26)24-11-8-18(9-12-24)16-27-20-10-13-25(15-20)19-6-4-17(14-23)5-7-19/h4-7,18,20H,8-13,15-16H2,1-3H3/t20-/m0/s1. The van der Waals surface area contributed by atoms with Gasteiger partial charge in [-0.25, -0.2) is 4.79 Å². The molecule has 0 aromatic heterocycles. The smallest absolute Gasteiger partial charge is 0.410 e. The van der Waals surface area contributed by atoms with Gasteiger partial charge in [0.1, 0.15) is 5.60 Å². The number of nitriles is 1. The number of likely N-dealkylation sites (tertiary alicyclic amines) is 1. The van der Waals surface area contributed by atoms with E-state index < -0.39 is 5.60 Å². The second-order valence-electron chi connectivity index (χ2n) is 8.76. The Bertz CT molecular complexity index is 697. The summed E-state index contributed by atoms with van der Waals surface area (Å²) in [5.74, 6) is 0.502. The highest BCUT2D eigenvalue weighted by Crippen LogP contribution is 2.25. The zero-order valence-electron chi connectivity index (χ0n) is 17.2. The van der Waals surface area contributed by atoms with Gasteiger partial charge < -0.3 is 19.3 Å². The lowest BCUT2D eigenvalue weighted by Crippen LogP contribution is -2.42. The van der Waals surface area contributed by atoms with Crippen LogP contribution in [0.1, 0.15) is 45.6 Å². The van der Waals surface area contributed by atoms with Crippen molar-refractivity contribution >= 4 is 11.8 Å². The third-order valence-electron chi connectivity index (χ3n) is 5.34. The summed E-state index contributed by atoms with van der Waals surface area (Å²) < 4.78 is 11.6. The number of anilines is 1. The number of piperidine rings is 1. The minimum atomic E-state index is -0.444. The predicted molar refractivity (Wildman–Crippen MR) is 108 cm³/mol. The minimum Gasteiger partial charge on any atom is -0.444 e. The first-order chi connectivity index (χ1) is 13.3. The van der Waals surface area contributed by atoms with E-state index in [9.17, 15) is 4.79 Å². The van der Waals surface area contributed by atoms with Crippen molar-refractivity contribution in [1.29, 1.82) is 5.26 Å². The maximum Gasteiger partial charge on any atom is 0.410 e. The van der Waals surface area contributed by atoms with Gasteiger partial charge in [-0.15, -0.1) is 0 Å². The van der Waals surface area contributed by atoms with Crippen molar-refractivity contribution in [3.63, 3.8) is 0 Å². The normalized spacial score (nSPS) is 20.9. The van der Waals surface area contributed by atoms with Crippen molar-refractivity contribution in [3.8, 4) is 6.07 Å². The Morgan fingerprint density at radius 1 is 1.14 bits per heavy atom. The molecule has 2 aliphatic rings. The van der Waals surface area contributed by atoms with E-state index in [0.29, 0.717) is 11.5 Å². The first-order valence-electron chi connectivity index (χ1n) is 10.2. The molecule has 1 aromatic carbocycles. The van der Waals surface area contributed by atoms with Gasteiger partial charge in [-0.2, -0.15) is 5.26 Å². The van der Waals surface area contributed by atoms with Gasteiger partial charge in [-0.3, -0.25) is 0 Å². The van der Waals surface area contributed by atoms with Crippen molar-refractivity contribution in [1.82, 2.24) is 4.90 Å². The molecule has 3 rings (SSSR count). The summed E-state index contributed by atoms with van der Waals surface area (Å²) >= 11 is 0. The molecule has 152 valence electrons. The third-order valence-corrected chi connectivity index (χ3v) is 5.34. The van der Waals surface area contributed by atoms with E-state index in [2.05, 4.69) is 11.0 Å². The number of hydrogen-bond donors (Lipinski definition) is 0. The lowest BCUT2D eigenvalue weighted by Gasteiger charge is -2.33. The number of hydrogen-bond acceptors (Lipinski definition) is 5. The molecule has 0 radical (unpaired) electrons. The molecule has 28 heavy (non-hydrogen) atoms. The van der Waals surface area contributed by atoms with Crippen LogP contribution in [0.25, 0.3) is 0 Å². The third kappa shape index (κ3) is 5.62. The van der Waals surface area contributed by atoms with E-state index in [1.807, 2.05) is 49.9 Å². The quantitative estimate of drug-likeness (QED) is 0.789. The molecule has 1 aromatic rings. The lowest BCUT2D eigenvalue weighted by atomic mass is 9.98. The molecule has 2 fully saturated rings. The first kappa shape index (κ1) is 20.5. The van der Waals surface area contributed by atoms with Gasteiger partial charge in [0.05, 0.1) is 17.7 Å². The van der Waals surface area contributed by atoms with Crippen molar-refractivity contribution in [2.24, 2.45) is 5.92 Å². The van der Waals surface area contributed by atoms with Gasteiger partial charge in [-0.1, -0.05) is 0 Å². The van der Waals surface area contributed by atoms with Crippen LogP contribution in [0.2, 0.25) is 0 Å². The number of carbonyl (C=O) groups is 1. The van der Waals surface area contributed by atoms with Crippen LogP contribution < -0.4 is 4.90 Å². The number of nitrogens with zero attached hydrogens (tertiary/aromatic N) is 3. The fourth-order valence-corrected chi connectivity index (χ4v) is 3.73. The summed E-state index contributed by atoms with van der Waals surface area (Å²) in [6.45, 7) is 9.80. The van der Waals surface area contributed by atoms with Crippen LogP contribution in [0.4, 0.5) is 10.5 Å². The van der Waals surface area contributed by atoms with Crippen molar-refractivity contribution in [2.75, 3.05) is 37.7 Å². The van der Waals surface area contributed by atoms with Gasteiger partial charge in [0.15, 0.2) is 0 Å². The summed E-state index contributed by atoms with van der Waals surface area (Å²) in [4.78, 5) is 16.3. The number of rotatable bonds is 4. The van der Waals surface area contributed by atoms with E-state index in [4.69, 9.17) is 14.7 Å². The molecule has 0 aliphatic carbocycles. The number of ether oxygens (including phenoxy) is 2. The maximum absolute atomic E-state index is 12.1. The van der Waals surface area contributed by atoms with Crippen LogP contribution in [-0.2, 0) is 9.47 Å². The molecule has 0 N–H and O–H groups in total. The summed E-state index contributed by atoms with van der Waals surface area (Å²) in [5, 5.41) is 8.91. The molecule has 2 heterocycles. The van der Waals surface area contributed by atoms with Crippen LogP contribution in [0.5, 0.6) is 0 Å². The molecule has 1 amide bonds. The number of carbonyl (C=O) groups excluding carboxylic acids is 1. The van der Waals surface area contributed by atoms with Crippen LogP contribution in [-0.4, -0.2) is 55.5 Å². The highest BCUT2D eigenvalue weighted by atomic mass is 16.6. The fraction of sp³-hybridized carbons (Fsp3) is 0.636. The second kappa shape index (κ2) is 8.83. The molecule has 0 bridgehead atoms. The van der Waals surface area contributed by atoms with E-state index in [1.165, 1.54) is 0 Å². The average Bonchev–Trinajstić information content (AvgIpc) is 3.14. The van der Waals surface area contributed by atoms with Crippen LogP contribution in [0, 0.1) is 17.2 Å². The molecule has 2 aliphatic heterocycles. The molecule has 0 saturated carbocycles. The minimum absolute atomic E-state index is 0.208. The van der Waals surface area contributed by atoms with Gasteiger partial charge >= 0.3 is 6.09 Å². The molecule has 6 nitrogen and oxygen atoms in total. The summed E-state index contributed by atoms with van der Waals surface area (Å²) in [6, 6.07) is 9.90. The number of benzene rings is 1. The first-order valence-corrected chi connectivity index (χ1v) is 10.2. The van der Waals surface area contributed by atoms with Gasteiger partial charge in [-0.05, 0) is 70.2 Å². The second-order valence-corrected chi connectivity index (χ2v) is 8.76. The Morgan fingerprint density at radius 2 is 1.82 bits per heavy atom. The van der Waals surface area contributed by atoms with E-state index >= 15 is 0 Å². The highest BCUT2D eigenvalue weighted by Gasteiger charge is 2.29.